The van der Waals surface area contributed by atoms with Gasteiger partial charge >= 0.3 is 0 Å². The topological polar surface area (TPSA) is 38.9 Å². The summed E-state index contributed by atoms with van der Waals surface area (Å²) in [5.74, 6) is -0.280. The van der Waals surface area contributed by atoms with Gasteiger partial charge in [0.25, 0.3) is 0 Å². The minimum atomic E-state index is -0.280. The summed E-state index contributed by atoms with van der Waals surface area (Å²) in [5, 5.41) is 2.59. The zero-order chi connectivity index (χ0) is 14.1. The van der Waals surface area contributed by atoms with E-state index < -0.39 is 0 Å². The van der Waals surface area contributed by atoms with Crippen molar-refractivity contribution in [3.05, 3.63) is 58.1 Å². The number of rotatable bonds is 2. The molecule has 0 bridgehead atoms. The number of halogens is 2. The molecule has 20 heavy (non-hydrogen) atoms. The molecule has 0 radical (unpaired) electrons. The fourth-order valence-electron chi connectivity index (χ4n) is 1.85. The predicted molar refractivity (Wildman–Crippen MR) is 85.1 cm³/mol. The molecule has 0 aliphatic rings. The summed E-state index contributed by atoms with van der Waals surface area (Å²) in [6.07, 6.45) is 0. The summed E-state index contributed by atoms with van der Waals surface area (Å²) in [6.45, 7) is 0. The molecule has 0 atom stereocenters. The van der Waals surface area contributed by atoms with Gasteiger partial charge in [-0.25, -0.2) is 9.37 Å². The molecule has 2 nitrogen and oxygen atoms in total. The smallest absolute Gasteiger partial charge is 0.134 e. The van der Waals surface area contributed by atoms with Crippen LogP contribution in [-0.4, -0.2) is 4.98 Å². The Balaban J connectivity index is 1.99. The quantitative estimate of drug-likeness (QED) is 0.664. The Hall–Kier alpha value is -1.72. The van der Waals surface area contributed by atoms with Crippen LogP contribution in [0.2, 0.25) is 0 Å². The maximum Gasteiger partial charge on any atom is 0.134 e. The Labute approximate surface area is 128 Å². The third kappa shape index (κ3) is 2.59. The van der Waals surface area contributed by atoms with Gasteiger partial charge in [-0.1, -0.05) is 28.1 Å². The van der Waals surface area contributed by atoms with Crippen molar-refractivity contribution in [2.75, 3.05) is 5.73 Å². The highest BCUT2D eigenvalue weighted by Gasteiger charge is 2.11. The van der Waals surface area contributed by atoms with Crippen LogP contribution in [0.4, 0.5) is 10.1 Å². The Morgan fingerprint density at radius 2 is 1.85 bits per heavy atom. The first kappa shape index (κ1) is 13.3. The lowest BCUT2D eigenvalue weighted by molar-refractivity contribution is 0.630. The van der Waals surface area contributed by atoms with Crippen LogP contribution in [0.25, 0.3) is 21.8 Å². The molecule has 0 aliphatic carbocycles. The van der Waals surface area contributed by atoms with Crippen molar-refractivity contribution >= 4 is 33.0 Å². The van der Waals surface area contributed by atoms with Gasteiger partial charge < -0.3 is 5.73 Å². The average molecular weight is 349 g/mol. The Morgan fingerprint density at radius 1 is 1.10 bits per heavy atom. The highest BCUT2D eigenvalue weighted by Crippen LogP contribution is 2.31. The molecule has 2 N–H and O–H groups in total. The maximum atomic E-state index is 13.9. The van der Waals surface area contributed by atoms with Crippen LogP contribution in [0, 0.1) is 5.82 Å². The van der Waals surface area contributed by atoms with Crippen molar-refractivity contribution in [1.29, 1.82) is 0 Å². The van der Waals surface area contributed by atoms with Crippen LogP contribution in [0.15, 0.2) is 52.3 Å². The number of nitrogen functional groups attached to an aromatic ring is 1. The van der Waals surface area contributed by atoms with Gasteiger partial charge in [0.2, 0.25) is 0 Å². The Kier molecular flexibility index (Phi) is 3.54. The summed E-state index contributed by atoms with van der Waals surface area (Å²) in [4.78, 5) is 4.49. The standard InChI is InChI=1S/C15H10BrFN2S/c16-10-3-6-12(13(17)7-10)15-19-14(8-20-15)9-1-4-11(18)5-2-9/h1-8H,18H2. The number of hydrogen-bond acceptors (Lipinski definition) is 3. The molecule has 100 valence electrons. The maximum absolute atomic E-state index is 13.9. The SMILES string of the molecule is Nc1ccc(-c2csc(-c3ccc(Br)cc3F)n2)cc1. The fraction of sp³-hybridized carbons (Fsp3) is 0. The zero-order valence-electron chi connectivity index (χ0n) is 10.3. The van der Waals surface area contributed by atoms with E-state index in [-0.39, 0.29) is 5.82 Å². The Bertz CT molecular complexity index is 753. The molecular weight excluding hydrogens is 339 g/mol. The van der Waals surface area contributed by atoms with Crippen molar-refractivity contribution in [2.24, 2.45) is 0 Å². The lowest BCUT2D eigenvalue weighted by Gasteiger charge is -2.00. The number of nitrogens with zero attached hydrogens (tertiary/aromatic N) is 1. The predicted octanol–water partition coefficient (Wildman–Crippen LogP) is 4.96. The van der Waals surface area contributed by atoms with Crippen molar-refractivity contribution in [3.8, 4) is 21.8 Å². The van der Waals surface area contributed by atoms with E-state index in [1.54, 1.807) is 6.07 Å². The molecule has 1 heterocycles. The molecule has 0 fully saturated rings. The summed E-state index contributed by atoms with van der Waals surface area (Å²) in [5.41, 5.74) is 8.69. The summed E-state index contributed by atoms with van der Waals surface area (Å²) >= 11 is 4.67. The van der Waals surface area contributed by atoms with E-state index in [4.69, 9.17) is 5.73 Å². The summed E-state index contributed by atoms with van der Waals surface area (Å²) in [7, 11) is 0. The number of hydrogen-bond donors (Lipinski definition) is 1. The van der Waals surface area contributed by atoms with Crippen LogP contribution in [0.5, 0.6) is 0 Å². The van der Waals surface area contributed by atoms with E-state index >= 15 is 0 Å². The molecule has 3 aromatic rings. The van der Waals surface area contributed by atoms with E-state index in [1.165, 1.54) is 17.4 Å². The van der Waals surface area contributed by atoms with Crippen LogP contribution in [0.1, 0.15) is 0 Å². The molecule has 3 rings (SSSR count). The van der Waals surface area contributed by atoms with Gasteiger partial charge in [-0.15, -0.1) is 11.3 Å². The fourth-order valence-corrected chi connectivity index (χ4v) is 3.04. The first-order valence-electron chi connectivity index (χ1n) is 5.90. The third-order valence-corrected chi connectivity index (χ3v) is 4.24. The van der Waals surface area contributed by atoms with Crippen LogP contribution in [-0.2, 0) is 0 Å². The van der Waals surface area contributed by atoms with Gasteiger partial charge in [-0.3, -0.25) is 0 Å². The van der Waals surface area contributed by atoms with Gasteiger partial charge in [0.15, 0.2) is 0 Å². The zero-order valence-corrected chi connectivity index (χ0v) is 12.7. The number of thiazole rings is 1. The molecule has 0 saturated heterocycles. The average Bonchev–Trinajstić information content (AvgIpc) is 2.89. The number of nitrogens with two attached hydrogens (primary N) is 1. The minimum Gasteiger partial charge on any atom is -0.399 e. The normalized spacial score (nSPS) is 10.7. The molecule has 5 heteroatoms. The summed E-state index contributed by atoms with van der Waals surface area (Å²) < 4.78 is 14.6. The van der Waals surface area contributed by atoms with Crippen LogP contribution < -0.4 is 5.73 Å². The first-order valence-corrected chi connectivity index (χ1v) is 7.57. The van der Waals surface area contributed by atoms with Gasteiger partial charge in [-0.05, 0) is 30.3 Å². The molecule has 0 aliphatic heterocycles. The molecule has 2 aromatic carbocycles. The van der Waals surface area contributed by atoms with Crippen LogP contribution in [0.3, 0.4) is 0 Å². The van der Waals surface area contributed by atoms with E-state index in [1.807, 2.05) is 35.7 Å². The lowest BCUT2D eigenvalue weighted by atomic mass is 10.1. The Morgan fingerprint density at radius 3 is 2.55 bits per heavy atom. The van der Waals surface area contributed by atoms with Crippen molar-refractivity contribution in [2.45, 2.75) is 0 Å². The second-order valence-electron chi connectivity index (χ2n) is 4.28. The van der Waals surface area contributed by atoms with Gasteiger partial charge in [-0.2, -0.15) is 0 Å². The number of anilines is 1. The molecule has 0 amide bonds. The first-order chi connectivity index (χ1) is 9.63. The van der Waals surface area contributed by atoms with Gasteiger partial charge in [0.1, 0.15) is 10.8 Å². The van der Waals surface area contributed by atoms with E-state index in [2.05, 4.69) is 20.9 Å². The molecular formula is C15H10BrFN2S. The van der Waals surface area contributed by atoms with Crippen molar-refractivity contribution in [3.63, 3.8) is 0 Å². The minimum absolute atomic E-state index is 0.280. The van der Waals surface area contributed by atoms with Gasteiger partial charge in [0.05, 0.1) is 5.69 Å². The molecule has 0 unspecified atom stereocenters. The third-order valence-electron chi connectivity index (χ3n) is 2.87. The number of benzene rings is 2. The van der Waals surface area contributed by atoms with E-state index in [0.29, 0.717) is 20.7 Å². The second-order valence-corrected chi connectivity index (χ2v) is 6.06. The summed E-state index contributed by atoms with van der Waals surface area (Å²) in [6, 6.07) is 12.5. The second kappa shape index (κ2) is 5.34. The lowest BCUT2D eigenvalue weighted by Crippen LogP contribution is -1.85. The largest absolute Gasteiger partial charge is 0.399 e. The van der Waals surface area contributed by atoms with Gasteiger partial charge in [0, 0.05) is 26.7 Å². The van der Waals surface area contributed by atoms with Crippen molar-refractivity contribution in [1.82, 2.24) is 4.98 Å². The van der Waals surface area contributed by atoms with Crippen molar-refractivity contribution < 1.29 is 4.39 Å². The van der Waals surface area contributed by atoms with E-state index in [0.717, 1.165) is 11.3 Å². The molecule has 0 saturated carbocycles. The van der Waals surface area contributed by atoms with E-state index in [9.17, 15) is 4.39 Å². The highest BCUT2D eigenvalue weighted by molar-refractivity contribution is 9.10. The monoisotopic (exact) mass is 348 g/mol. The molecule has 0 spiro atoms. The number of aromatic nitrogens is 1. The highest BCUT2D eigenvalue weighted by atomic mass is 79.9. The molecule has 1 aromatic heterocycles. The van der Waals surface area contributed by atoms with Crippen LogP contribution >= 0.6 is 27.3 Å².